The summed E-state index contributed by atoms with van der Waals surface area (Å²) >= 11 is 0. The Balaban J connectivity index is 2.91. The highest BCUT2D eigenvalue weighted by atomic mass is 16.3. The fourth-order valence-electron chi connectivity index (χ4n) is 1.55. The van der Waals surface area contributed by atoms with Gasteiger partial charge in [0.15, 0.2) is 0 Å². The van der Waals surface area contributed by atoms with E-state index in [1.165, 1.54) is 6.92 Å². The smallest absolute Gasteiger partial charge is 0.229 e. The van der Waals surface area contributed by atoms with Crippen LogP contribution in [0.15, 0.2) is 0 Å². The Morgan fingerprint density at radius 1 is 1.21 bits per heavy atom. The van der Waals surface area contributed by atoms with E-state index in [0.29, 0.717) is 19.3 Å². The van der Waals surface area contributed by atoms with Gasteiger partial charge in [-0.1, -0.05) is 0 Å². The van der Waals surface area contributed by atoms with Crippen molar-refractivity contribution in [3.63, 3.8) is 0 Å². The molecule has 0 aliphatic carbocycles. The number of hydrogen-bond donors (Lipinski definition) is 2. The van der Waals surface area contributed by atoms with Gasteiger partial charge >= 0.3 is 0 Å². The maximum absolute atomic E-state index is 11.5. The molecule has 80 valence electrons. The van der Waals surface area contributed by atoms with Gasteiger partial charge in [-0.15, -0.1) is 0 Å². The van der Waals surface area contributed by atoms with Crippen molar-refractivity contribution < 1.29 is 19.8 Å². The van der Waals surface area contributed by atoms with Crippen LogP contribution >= 0.6 is 0 Å². The number of rotatable bonds is 3. The maximum atomic E-state index is 11.5. The highest BCUT2D eigenvalue weighted by Gasteiger charge is 2.40. The molecule has 0 radical (unpaired) electrons. The Morgan fingerprint density at radius 3 is 2.00 bits per heavy atom. The molecular weight excluding hydrogens is 186 g/mol. The number of amides is 2. The van der Waals surface area contributed by atoms with Crippen LogP contribution in [0.5, 0.6) is 0 Å². The van der Waals surface area contributed by atoms with Gasteiger partial charge in [0.2, 0.25) is 11.8 Å². The predicted octanol–water partition coefficient (Wildman–Crippen LogP) is -0.731. The normalized spacial score (nSPS) is 18.9. The highest BCUT2D eigenvalue weighted by Crippen LogP contribution is 2.22. The van der Waals surface area contributed by atoms with E-state index in [1.807, 2.05) is 0 Å². The van der Waals surface area contributed by atoms with Crippen molar-refractivity contribution in [1.82, 2.24) is 4.90 Å². The molecule has 0 spiro atoms. The molecule has 0 aromatic rings. The van der Waals surface area contributed by atoms with E-state index in [9.17, 15) is 9.59 Å². The molecule has 2 amide bonds. The van der Waals surface area contributed by atoms with Crippen molar-refractivity contribution >= 4 is 11.8 Å². The molecular formula is C9H15NO4. The molecule has 1 aliphatic heterocycles. The first kappa shape index (κ1) is 11.1. The van der Waals surface area contributed by atoms with E-state index in [2.05, 4.69) is 0 Å². The lowest BCUT2D eigenvalue weighted by molar-refractivity contribution is -0.159. The van der Waals surface area contributed by atoms with Gasteiger partial charge in [0, 0.05) is 12.8 Å². The average Bonchev–Trinajstić information content (AvgIpc) is 2.17. The van der Waals surface area contributed by atoms with Gasteiger partial charge in [-0.3, -0.25) is 14.5 Å². The number of aliphatic hydroxyl groups is 2. The summed E-state index contributed by atoms with van der Waals surface area (Å²) in [5.74, 6) is -0.626. The second kappa shape index (κ2) is 4.06. The quantitative estimate of drug-likeness (QED) is 0.590. The topological polar surface area (TPSA) is 77.8 Å². The van der Waals surface area contributed by atoms with Crippen LogP contribution in [0.3, 0.4) is 0 Å². The zero-order valence-corrected chi connectivity index (χ0v) is 8.19. The minimum absolute atomic E-state index is 0.307. The summed E-state index contributed by atoms with van der Waals surface area (Å²) in [7, 11) is 0. The highest BCUT2D eigenvalue weighted by molar-refractivity contribution is 5.98. The van der Waals surface area contributed by atoms with E-state index in [4.69, 9.17) is 10.2 Å². The largest absolute Gasteiger partial charge is 0.394 e. The molecule has 0 saturated carbocycles. The zero-order chi connectivity index (χ0) is 10.8. The minimum Gasteiger partial charge on any atom is -0.394 e. The minimum atomic E-state index is -1.16. The lowest BCUT2D eigenvalue weighted by atomic mass is 9.97. The molecule has 0 atom stereocenters. The SMILES string of the molecule is CC(CO)(CO)N1C(=O)CCCC1=O. The van der Waals surface area contributed by atoms with Gasteiger partial charge in [-0.25, -0.2) is 0 Å². The molecule has 0 bridgehead atoms. The molecule has 1 saturated heterocycles. The van der Waals surface area contributed by atoms with Crippen LogP contribution in [0, 0.1) is 0 Å². The third-order valence-electron chi connectivity index (χ3n) is 2.50. The number of carbonyl (C=O) groups is 2. The standard InChI is InChI=1S/C9H15NO4/c1-9(5-11,6-12)10-7(13)3-2-4-8(10)14/h11-12H,2-6H2,1H3. The van der Waals surface area contributed by atoms with Crippen LogP contribution in [0.25, 0.3) is 0 Å². The Hall–Kier alpha value is -0.940. The monoisotopic (exact) mass is 201 g/mol. The molecule has 14 heavy (non-hydrogen) atoms. The summed E-state index contributed by atoms with van der Waals surface area (Å²) in [4.78, 5) is 23.9. The Bertz CT molecular complexity index is 231. The number of piperidine rings is 1. The van der Waals surface area contributed by atoms with Gasteiger partial charge in [-0.2, -0.15) is 0 Å². The van der Waals surface area contributed by atoms with Crippen molar-refractivity contribution in [3.05, 3.63) is 0 Å². The van der Waals surface area contributed by atoms with Gasteiger partial charge in [-0.05, 0) is 13.3 Å². The number of nitrogens with zero attached hydrogens (tertiary/aromatic N) is 1. The first-order valence-electron chi connectivity index (χ1n) is 4.63. The molecule has 5 heteroatoms. The van der Waals surface area contributed by atoms with Crippen molar-refractivity contribution in [3.8, 4) is 0 Å². The summed E-state index contributed by atoms with van der Waals surface area (Å²) in [6.07, 6.45) is 1.17. The first-order chi connectivity index (χ1) is 6.55. The summed E-state index contributed by atoms with van der Waals surface area (Å²) in [5.41, 5.74) is -1.16. The first-order valence-corrected chi connectivity index (χ1v) is 4.63. The van der Waals surface area contributed by atoms with Crippen LogP contribution in [-0.4, -0.2) is 45.7 Å². The van der Waals surface area contributed by atoms with Crippen LogP contribution in [0.4, 0.5) is 0 Å². The van der Waals surface area contributed by atoms with Crippen LogP contribution in [0.1, 0.15) is 26.2 Å². The predicted molar refractivity (Wildman–Crippen MR) is 48.3 cm³/mol. The summed E-state index contributed by atoms with van der Waals surface area (Å²) in [5, 5.41) is 18.1. The van der Waals surface area contributed by atoms with E-state index in [-0.39, 0.29) is 11.8 Å². The van der Waals surface area contributed by atoms with Crippen LogP contribution in [0.2, 0.25) is 0 Å². The second-order valence-corrected chi connectivity index (χ2v) is 3.79. The van der Waals surface area contributed by atoms with Gasteiger partial charge in [0.25, 0.3) is 0 Å². The number of carbonyl (C=O) groups excluding carboxylic acids is 2. The fourth-order valence-corrected chi connectivity index (χ4v) is 1.55. The lowest BCUT2D eigenvalue weighted by Gasteiger charge is -2.39. The Labute approximate surface area is 82.3 Å². The third kappa shape index (κ3) is 1.78. The number of likely N-dealkylation sites (tertiary alicyclic amines) is 1. The maximum Gasteiger partial charge on any atom is 0.229 e. The van der Waals surface area contributed by atoms with Crippen molar-refractivity contribution in [2.45, 2.75) is 31.7 Å². The van der Waals surface area contributed by atoms with Crippen molar-refractivity contribution in [2.24, 2.45) is 0 Å². The molecule has 0 aromatic carbocycles. The summed E-state index contributed by atoms with van der Waals surface area (Å²) in [6.45, 7) is 0.663. The summed E-state index contributed by atoms with van der Waals surface area (Å²) < 4.78 is 0. The summed E-state index contributed by atoms with van der Waals surface area (Å²) in [6, 6.07) is 0. The Morgan fingerprint density at radius 2 is 1.64 bits per heavy atom. The van der Waals surface area contributed by atoms with Crippen LogP contribution < -0.4 is 0 Å². The molecule has 0 unspecified atom stereocenters. The van der Waals surface area contributed by atoms with Crippen molar-refractivity contribution in [1.29, 1.82) is 0 Å². The van der Waals surface area contributed by atoms with Crippen molar-refractivity contribution in [2.75, 3.05) is 13.2 Å². The fraction of sp³-hybridized carbons (Fsp3) is 0.778. The average molecular weight is 201 g/mol. The van der Waals surface area contributed by atoms with Crippen LogP contribution in [-0.2, 0) is 9.59 Å². The number of hydrogen-bond acceptors (Lipinski definition) is 4. The van der Waals surface area contributed by atoms with Gasteiger partial charge in [0.1, 0.15) is 0 Å². The second-order valence-electron chi connectivity index (χ2n) is 3.79. The van der Waals surface area contributed by atoms with E-state index in [1.54, 1.807) is 0 Å². The molecule has 1 fully saturated rings. The van der Waals surface area contributed by atoms with E-state index in [0.717, 1.165) is 4.90 Å². The number of imide groups is 1. The molecule has 1 rings (SSSR count). The third-order valence-corrected chi connectivity index (χ3v) is 2.50. The molecule has 5 nitrogen and oxygen atoms in total. The van der Waals surface area contributed by atoms with E-state index < -0.39 is 18.8 Å². The van der Waals surface area contributed by atoms with Gasteiger partial charge < -0.3 is 10.2 Å². The number of aliphatic hydroxyl groups excluding tert-OH is 2. The molecule has 2 N–H and O–H groups in total. The van der Waals surface area contributed by atoms with Gasteiger partial charge in [0.05, 0.1) is 18.8 Å². The molecule has 1 aliphatic rings. The zero-order valence-electron chi connectivity index (χ0n) is 8.19. The Kier molecular flexibility index (Phi) is 3.23. The lowest BCUT2D eigenvalue weighted by Crippen LogP contribution is -2.58. The molecule has 0 aromatic heterocycles. The molecule has 1 heterocycles. The van der Waals surface area contributed by atoms with E-state index >= 15 is 0 Å².